The van der Waals surface area contributed by atoms with E-state index in [1.807, 2.05) is 60.7 Å². The number of carbonyl (C=O) groups is 1. The second kappa shape index (κ2) is 12.2. The van der Waals surface area contributed by atoms with E-state index in [0.29, 0.717) is 25.4 Å². The molecule has 0 aromatic heterocycles. The Morgan fingerprint density at radius 3 is 2.37 bits per heavy atom. The van der Waals surface area contributed by atoms with Crippen molar-refractivity contribution in [3.63, 3.8) is 0 Å². The summed E-state index contributed by atoms with van der Waals surface area (Å²) in [5.41, 5.74) is 2.96. The van der Waals surface area contributed by atoms with Crippen LogP contribution in [0.5, 0.6) is 0 Å². The van der Waals surface area contributed by atoms with Gasteiger partial charge >= 0.3 is 0 Å². The summed E-state index contributed by atoms with van der Waals surface area (Å²) in [4.78, 5) is 10.8. The van der Waals surface area contributed by atoms with Gasteiger partial charge in [0.15, 0.2) is 0 Å². The molecule has 0 spiro atoms. The maximum absolute atomic E-state index is 10.8. The Morgan fingerprint density at radius 2 is 1.70 bits per heavy atom. The molecule has 0 N–H and O–H groups in total. The van der Waals surface area contributed by atoms with Gasteiger partial charge in [-0.15, -0.1) is 0 Å². The Hall–Kier alpha value is -2.53. The molecule has 4 heteroatoms. The maximum Gasteiger partial charge on any atom is 0.145 e. The minimum absolute atomic E-state index is 0.0276. The number of allylic oxidation sites excluding steroid dienone is 3. The highest BCUT2D eigenvalue weighted by Crippen LogP contribution is 2.26. The number of aldehydes is 1. The Kier molecular flexibility index (Phi) is 9.04. The van der Waals surface area contributed by atoms with E-state index in [4.69, 9.17) is 14.2 Å². The molecule has 0 amide bonds. The van der Waals surface area contributed by atoms with Crippen LogP contribution in [0.1, 0.15) is 30.9 Å². The Bertz CT molecular complexity index is 813. The highest BCUT2D eigenvalue weighted by molar-refractivity contribution is 5.72. The van der Waals surface area contributed by atoms with Crippen molar-refractivity contribution >= 4 is 6.29 Å². The summed E-state index contributed by atoms with van der Waals surface area (Å²) in [6.45, 7) is 3.46. The number of carbonyl (C=O) groups excluding carboxylic acids is 1. The molecule has 30 heavy (non-hydrogen) atoms. The average molecular weight is 407 g/mol. The van der Waals surface area contributed by atoms with Gasteiger partial charge in [0.25, 0.3) is 0 Å². The second-order valence-electron chi connectivity index (χ2n) is 7.55. The Balaban J connectivity index is 1.53. The Morgan fingerprint density at radius 1 is 1.03 bits per heavy atom. The minimum atomic E-state index is -0.181. The summed E-state index contributed by atoms with van der Waals surface area (Å²) in [5.74, 6) is 0. The molecule has 2 aromatic rings. The zero-order valence-corrected chi connectivity index (χ0v) is 17.5. The molecule has 3 atom stereocenters. The van der Waals surface area contributed by atoms with Gasteiger partial charge in [0.05, 0.1) is 32.0 Å². The molecular formula is C26H30O4. The van der Waals surface area contributed by atoms with E-state index in [1.54, 1.807) is 13.0 Å². The monoisotopic (exact) mass is 406 g/mol. The summed E-state index contributed by atoms with van der Waals surface area (Å²) >= 11 is 0. The zero-order chi connectivity index (χ0) is 21.0. The van der Waals surface area contributed by atoms with Crippen LogP contribution >= 0.6 is 0 Å². The van der Waals surface area contributed by atoms with E-state index in [-0.39, 0.29) is 18.3 Å². The third-order valence-corrected chi connectivity index (χ3v) is 5.05. The first-order chi connectivity index (χ1) is 14.7. The summed E-state index contributed by atoms with van der Waals surface area (Å²) in [7, 11) is 0. The van der Waals surface area contributed by atoms with E-state index < -0.39 is 0 Å². The van der Waals surface area contributed by atoms with Crippen LogP contribution in [0.4, 0.5) is 0 Å². The zero-order valence-electron chi connectivity index (χ0n) is 17.5. The topological polar surface area (TPSA) is 44.8 Å². The van der Waals surface area contributed by atoms with Crippen molar-refractivity contribution in [3.8, 4) is 0 Å². The molecule has 1 heterocycles. The first kappa shape index (κ1) is 22.2. The van der Waals surface area contributed by atoms with Crippen LogP contribution in [0.2, 0.25) is 0 Å². The first-order valence-corrected chi connectivity index (χ1v) is 10.5. The van der Waals surface area contributed by atoms with Crippen molar-refractivity contribution < 1.29 is 19.0 Å². The number of benzene rings is 2. The predicted molar refractivity (Wildman–Crippen MR) is 118 cm³/mol. The van der Waals surface area contributed by atoms with Crippen molar-refractivity contribution in [1.29, 1.82) is 0 Å². The molecule has 2 aromatic carbocycles. The molecule has 0 radical (unpaired) electrons. The van der Waals surface area contributed by atoms with E-state index >= 15 is 0 Å². The van der Waals surface area contributed by atoms with Crippen LogP contribution in [-0.2, 0) is 32.2 Å². The van der Waals surface area contributed by atoms with Crippen LogP contribution in [0, 0.1) is 0 Å². The maximum atomic E-state index is 10.8. The van der Waals surface area contributed by atoms with Gasteiger partial charge in [-0.05, 0) is 36.5 Å². The number of rotatable bonds is 11. The highest BCUT2D eigenvalue weighted by atomic mass is 16.6. The lowest BCUT2D eigenvalue weighted by Gasteiger charge is -2.22. The van der Waals surface area contributed by atoms with E-state index in [0.717, 1.165) is 30.3 Å². The molecule has 3 rings (SSSR count). The average Bonchev–Trinajstić information content (AvgIpc) is 3.26. The lowest BCUT2D eigenvalue weighted by Crippen LogP contribution is -2.28. The van der Waals surface area contributed by atoms with Gasteiger partial charge in [0.1, 0.15) is 12.4 Å². The summed E-state index contributed by atoms with van der Waals surface area (Å²) < 4.78 is 18.3. The molecule has 4 nitrogen and oxygen atoms in total. The van der Waals surface area contributed by atoms with Gasteiger partial charge in [-0.2, -0.15) is 0 Å². The third kappa shape index (κ3) is 7.38. The first-order valence-electron chi connectivity index (χ1n) is 10.5. The summed E-state index contributed by atoms with van der Waals surface area (Å²) in [5, 5.41) is 0. The van der Waals surface area contributed by atoms with Gasteiger partial charge in [-0.1, -0.05) is 78.9 Å². The predicted octanol–water partition coefficient (Wildman–Crippen LogP) is 5.04. The van der Waals surface area contributed by atoms with Crippen LogP contribution in [-0.4, -0.2) is 31.2 Å². The molecule has 0 saturated carbocycles. The molecule has 0 unspecified atom stereocenters. The van der Waals surface area contributed by atoms with Gasteiger partial charge in [-0.25, -0.2) is 0 Å². The molecule has 1 aliphatic heterocycles. The van der Waals surface area contributed by atoms with Gasteiger partial charge in [0.2, 0.25) is 0 Å². The summed E-state index contributed by atoms with van der Waals surface area (Å²) in [6, 6.07) is 20.3. The normalized spacial score (nSPS) is 20.5. The molecule has 1 fully saturated rings. The fraction of sp³-hybridized carbons (Fsp3) is 0.346. The molecule has 0 bridgehead atoms. The van der Waals surface area contributed by atoms with Gasteiger partial charge in [0, 0.05) is 0 Å². The largest absolute Gasteiger partial charge is 0.374 e. The minimum Gasteiger partial charge on any atom is -0.374 e. The fourth-order valence-electron chi connectivity index (χ4n) is 3.39. The molecular weight excluding hydrogens is 376 g/mol. The quantitative estimate of drug-likeness (QED) is 0.298. The van der Waals surface area contributed by atoms with Gasteiger partial charge in [-0.3, -0.25) is 4.79 Å². The van der Waals surface area contributed by atoms with Crippen LogP contribution in [0.25, 0.3) is 0 Å². The van der Waals surface area contributed by atoms with E-state index in [2.05, 4.69) is 12.1 Å². The van der Waals surface area contributed by atoms with Crippen molar-refractivity contribution in [3.05, 3.63) is 95.6 Å². The fourth-order valence-corrected chi connectivity index (χ4v) is 3.39. The van der Waals surface area contributed by atoms with Crippen LogP contribution in [0.3, 0.4) is 0 Å². The highest BCUT2D eigenvalue weighted by Gasteiger charge is 2.31. The van der Waals surface area contributed by atoms with Crippen LogP contribution in [0.15, 0.2) is 84.5 Å². The van der Waals surface area contributed by atoms with Crippen molar-refractivity contribution in [1.82, 2.24) is 0 Å². The molecule has 0 aliphatic carbocycles. The molecule has 158 valence electrons. The summed E-state index contributed by atoms with van der Waals surface area (Å²) in [6.07, 6.45) is 8.22. The smallest absolute Gasteiger partial charge is 0.145 e. The van der Waals surface area contributed by atoms with Crippen molar-refractivity contribution in [2.24, 2.45) is 0 Å². The van der Waals surface area contributed by atoms with Crippen molar-refractivity contribution in [2.45, 2.75) is 51.3 Å². The third-order valence-electron chi connectivity index (χ3n) is 5.05. The SMILES string of the molecule is C/C(C=O)=C\C=C\[C@H](OCc1ccccc1)[C@H]1CC[C@H](COCc2ccccc2)O1. The lowest BCUT2D eigenvalue weighted by molar-refractivity contribution is -0.104. The van der Waals surface area contributed by atoms with E-state index in [1.165, 1.54) is 0 Å². The lowest BCUT2D eigenvalue weighted by atomic mass is 10.1. The molecule has 1 aliphatic rings. The van der Waals surface area contributed by atoms with Gasteiger partial charge < -0.3 is 14.2 Å². The van der Waals surface area contributed by atoms with E-state index in [9.17, 15) is 4.79 Å². The number of hydrogen-bond acceptors (Lipinski definition) is 4. The van der Waals surface area contributed by atoms with Crippen LogP contribution < -0.4 is 0 Å². The number of ether oxygens (including phenoxy) is 3. The molecule has 1 saturated heterocycles. The second-order valence-corrected chi connectivity index (χ2v) is 7.55. The Labute approximate surface area is 179 Å². The van der Waals surface area contributed by atoms with Crippen molar-refractivity contribution in [2.75, 3.05) is 6.61 Å². The standard InChI is InChI=1S/C26H30O4/c1-21(17-27)9-8-14-25(29-19-23-12-6-3-7-13-23)26-16-15-24(30-26)20-28-18-22-10-4-2-5-11-22/h2-14,17,24-26H,15-16,18-20H2,1H3/b14-8+,21-9+/t24-,25+,26-/m1/s1. The number of hydrogen-bond donors (Lipinski definition) is 0.